The topological polar surface area (TPSA) is 49.3 Å². The van der Waals surface area contributed by atoms with Gasteiger partial charge in [-0.05, 0) is 18.1 Å². The minimum absolute atomic E-state index is 0.143. The highest BCUT2D eigenvalue weighted by Gasteiger charge is 2.18. The standard InChI is InChI=1S/C14H13Cl2NO2S/c15-12-7-11(13(16)20-12)14(19)17-10(8-18)6-9-4-2-1-3-5-9/h1-5,7,10,18H,6,8H2,(H,17,19)/t10-/m1/s1. The molecule has 1 heterocycles. The second-order valence-electron chi connectivity index (χ2n) is 4.28. The van der Waals surface area contributed by atoms with Crippen LogP contribution in [0.3, 0.4) is 0 Å². The second kappa shape index (κ2) is 7.09. The summed E-state index contributed by atoms with van der Waals surface area (Å²) >= 11 is 12.9. The van der Waals surface area contributed by atoms with Crippen molar-refractivity contribution in [2.45, 2.75) is 12.5 Å². The highest BCUT2D eigenvalue weighted by molar-refractivity contribution is 7.20. The van der Waals surface area contributed by atoms with Gasteiger partial charge in [0.25, 0.3) is 5.91 Å². The van der Waals surface area contributed by atoms with Crippen LogP contribution in [0.25, 0.3) is 0 Å². The number of hydrogen-bond donors (Lipinski definition) is 2. The third-order valence-corrected chi connectivity index (χ3v) is 4.27. The Morgan fingerprint density at radius 2 is 2.00 bits per heavy atom. The number of aliphatic hydroxyl groups excluding tert-OH is 1. The molecular weight excluding hydrogens is 317 g/mol. The van der Waals surface area contributed by atoms with Gasteiger partial charge in [-0.2, -0.15) is 0 Å². The smallest absolute Gasteiger partial charge is 0.254 e. The Balaban J connectivity index is 2.03. The van der Waals surface area contributed by atoms with Gasteiger partial charge in [0.2, 0.25) is 0 Å². The second-order valence-corrected chi connectivity index (χ2v) is 6.57. The summed E-state index contributed by atoms with van der Waals surface area (Å²) in [4.78, 5) is 12.1. The van der Waals surface area contributed by atoms with E-state index < -0.39 is 0 Å². The van der Waals surface area contributed by atoms with Crippen LogP contribution in [0.15, 0.2) is 36.4 Å². The Hall–Kier alpha value is -1.07. The number of rotatable bonds is 5. The van der Waals surface area contributed by atoms with Crippen molar-refractivity contribution in [2.24, 2.45) is 0 Å². The van der Waals surface area contributed by atoms with Gasteiger partial charge in [0.15, 0.2) is 0 Å². The summed E-state index contributed by atoms with van der Waals surface area (Å²) in [6.07, 6.45) is 0.554. The molecule has 0 spiro atoms. The summed E-state index contributed by atoms with van der Waals surface area (Å²) in [5.41, 5.74) is 1.38. The maximum absolute atomic E-state index is 12.1. The number of hydrogen-bond acceptors (Lipinski definition) is 3. The van der Waals surface area contributed by atoms with Gasteiger partial charge < -0.3 is 10.4 Å². The monoisotopic (exact) mass is 329 g/mol. The quantitative estimate of drug-likeness (QED) is 0.883. The van der Waals surface area contributed by atoms with Crippen LogP contribution in [0.2, 0.25) is 8.67 Å². The molecule has 1 amide bonds. The molecule has 3 nitrogen and oxygen atoms in total. The molecule has 2 aromatic rings. The number of amides is 1. The van der Waals surface area contributed by atoms with Crippen molar-refractivity contribution in [1.82, 2.24) is 5.32 Å². The number of carbonyl (C=O) groups is 1. The van der Waals surface area contributed by atoms with Crippen molar-refractivity contribution in [3.8, 4) is 0 Å². The Bertz CT molecular complexity index is 586. The van der Waals surface area contributed by atoms with E-state index in [1.807, 2.05) is 30.3 Å². The lowest BCUT2D eigenvalue weighted by molar-refractivity contribution is 0.0917. The fourth-order valence-corrected chi connectivity index (χ4v) is 3.28. The Morgan fingerprint density at radius 3 is 2.55 bits per heavy atom. The fraction of sp³-hybridized carbons (Fsp3) is 0.214. The lowest BCUT2D eigenvalue weighted by Gasteiger charge is -2.16. The molecule has 1 aromatic heterocycles. The third kappa shape index (κ3) is 3.96. The van der Waals surface area contributed by atoms with Crippen LogP contribution in [0.4, 0.5) is 0 Å². The minimum Gasteiger partial charge on any atom is -0.394 e. The molecule has 1 atom stereocenters. The van der Waals surface area contributed by atoms with Crippen molar-refractivity contribution in [1.29, 1.82) is 0 Å². The third-order valence-electron chi connectivity index (χ3n) is 2.78. The molecule has 6 heteroatoms. The van der Waals surface area contributed by atoms with Crippen LogP contribution in [-0.2, 0) is 6.42 Å². The first-order chi connectivity index (χ1) is 9.60. The van der Waals surface area contributed by atoms with E-state index in [0.717, 1.165) is 16.9 Å². The first-order valence-electron chi connectivity index (χ1n) is 6.00. The first-order valence-corrected chi connectivity index (χ1v) is 7.58. The SMILES string of the molecule is O=C(N[C@@H](CO)Cc1ccccc1)c1cc(Cl)sc1Cl. The maximum Gasteiger partial charge on any atom is 0.254 e. The van der Waals surface area contributed by atoms with E-state index in [-0.39, 0.29) is 18.6 Å². The zero-order chi connectivity index (χ0) is 14.5. The van der Waals surface area contributed by atoms with Gasteiger partial charge in [-0.1, -0.05) is 53.5 Å². The molecule has 0 aliphatic heterocycles. The molecule has 0 aliphatic carbocycles. The van der Waals surface area contributed by atoms with Crippen molar-refractivity contribution in [2.75, 3.05) is 6.61 Å². The Morgan fingerprint density at radius 1 is 1.30 bits per heavy atom. The Labute approximate surface area is 131 Å². The summed E-state index contributed by atoms with van der Waals surface area (Å²) in [5, 5.41) is 12.1. The van der Waals surface area contributed by atoms with E-state index in [2.05, 4.69) is 5.32 Å². The van der Waals surface area contributed by atoms with Gasteiger partial charge in [-0.25, -0.2) is 0 Å². The van der Waals surface area contributed by atoms with E-state index in [9.17, 15) is 9.90 Å². The van der Waals surface area contributed by atoms with Crippen LogP contribution in [0, 0.1) is 0 Å². The predicted octanol–water partition coefficient (Wildman–Crippen LogP) is 3.39. The summed E-state index contributed by atoms with van der Waals surface area (Å²) in [5.74, 6) is -0.326. The number of benzene rings is 1. The molecule has 1 aromatic carbocycles. The number of halogens is 2. The summed E-state index contributed by atoms with van der Waals surface area (Å²) in [6, 6.07) is 10.8. The molecule has 2 N–H and O–H groups in total. The first kappa shape index (κ1) is 15.3. The molecule has 0 fully saturated rings. The Kier molecular flexibility index (Phi) is 5.43. The molecule has 0 radical (unpaired) electrons. The molecule has 0 saturated heterocycles. The number of carbonyl (C=O) groups excluding carboxylic acids is 1. The highest BCUT2D eigenvalue weighted by Crippen LogP contribution is 2.31. The molecule has 0 unspecified atom stereocenters. The van der Waals surface area contributed by atoms with Crippen LogP contribution in [0.5, 0.6) is 0 Å². The molecule has 0 bridgehead atoms. The molecule has 20 heavy (non-hydrogen) atoms. The summed E-state index contributed by atoms with van der Waals surface area (Å²) in [6.45, 7) is -0.143. The molecule has 0 saturated carbocycles. The number of thiophene rings is 1. The van der Waals surface area contributed by atoms with Gasteiger partial charge in [-0.3, -0.25) is 4.79 Å². The fourth-order valence-electron chi connectivity index (χ4n) is 1.82. The largest absolute Gasteiger partial charge is 0.394 e. The average Bonchev–Trinajstić information content (AvgIpc) is 2.78. The minimum atomic E-state index is -0.361. The molecule has 2 rings (SSSR count). The van der Waals surface area contributed by atoms with Gasteiger partial charge in [0.05, 0.1) is 22.5 Å². The van der Waals surface area contributed by atoms with E-state index in [0.29, 0.717) is 20.7 Å². The molecule has 0 aliphatic rings. The number of nitrogens with one attached hydrogen (secondary N) is 1. The van der Waals surface area contributed by atoms with E-state index >= 15 is 0 Å². The summed E-state index contributed by atoms with van der Waals surface area (Å²) < 4.78 is 0.813. The van der Waals surface area contributed by atoms with Crippen LogP contribution >= 0.6 is 34.5 Å². The lowest BCUT2D eigenvalue weighted by Crippen LogP contribution is -2.39. The van der Waals surface area contributed by atoms with E-state index in [1.165, 1.54) is 6.07 Å². The van der Waals surface area contributed by atoms with Crippen LogP contribution < -0.4 is 5.32 Å². The van der Waals surface area contributed by atoms with Crippen molar-refractivity contribution in [3.63, 3.8) is 0 Å². The highest BCUT2D eigenvalue weighted by atomic mass is 35.5. The van der Waals surface area contributed by atoms with Gasteiger partial charge in [0.1, 0.15) is 4.34 Å². The molecule has 106 valence electrons. The normalized spacial score (nSPS) is 12.2. The maximum atomic E-state index is 12.1. The van der Waals surface area contributed by atoms with Crippen LogP contribution in [-0.4, -0.2) is 23.7 Å². The zero-order valence-electron chi connectivity index (χ0n) is 10.5. The van der Waals surface area contributed by atoms with Gasteiger partial charge in [-0.15, -0.1) is 11.3 Å². The van der Waals surface area contributed by atoms with Gasteiger partial charge >= 0.3 is 0 Å². The predicted molar refractivity (Wildman–Crippen MR) is 82.8 cm³/mol. The average molecular weight is 330 g/mol. The van der Waals surface area contributed by atoms with E-state index in [1.54, 1.807) is 0 Å². The van der Waals surface area contributed by atoms with Crippen molar-refractivity contribution >= 4 is 40.4 Å². The van der Waals surface area contributed by atoms with Crippen LogP contribution in [0.1, 0.15) is 15.9 Å². The van der Waals surface area contributed by atoms with Crippen molar-refractivity contribution in [3.05, 3.63) is 56.2 Å². The van der Waals surface area contributed by atoms with E-state index in [4.69, 9.17) is 23.2 Å². The lowest BCUT2D eigenvalue weighted by atomic mass is 10.1. The summed E-state index contributed by atoms with van der Waals surface area (Å²) in [7, 11) is 0. The number of aliphatic hydroxyl groups is 1. The van der Waals surface area contributed by atoms with Gasteiger partial charge in [0, 0.05) is 0 Å². The van der Waals surface area contributed by atoms with Crippen molar-refractivity contribution < 1.29 is 9.90 Å². The zero-order valence-corrected chi connectivity index (χ0v) is 12.8. The molecular formula is C14H13Cl2NO2S.